The highest BCUT2D eigenvalue weighted by Gasteiger charge is 2.53. The summed E-state index contributed by atoms with van der Waals surface area (Å²) in [4.78, 5) is 11.0. The molecule has 0 unspecified atom stereocenters. The zero-order chi connectivity index (χ0) is 21.6. The molecular formula is C20H20N2O7S. The number of para-hydroxylation sites is 2. The molecule has 0 radical (unpaired) electrons. The van der Waals surface area contributed by atoms with Crippen molar-refractivity contribution < 1.29 is 28.7 Å². The van der Waals surface area contributed by atoms with E-state index in [4.69, 9.17) is 30.8 Å². The van der Waals surface area contributed by atoms with Crippen LogP contribution in [0.5, 0.6) is 5.75 Å². The average Bonchev–Trinajstić information content (AvgIpc) is 3.05. The molecular weight excluding hydrogens is 412 g/mol. The molecule has 3 atom stereocenters. The largest absolute Gasteiger partial charge is 0.479 e. The molecule has 158 valence electrons. The Labute approximate surface area is 176 Å². The van der Waals surface area contributed by atoms with Gasteiger partial charge in [-0.2, -0.15) is 0 Å². The van der Waals surface area contributed by atoms with Crippen molar-refractivity contribution in [3.63, 3.8) is 0 Å². The summed E-state index contributed by atoms with van der Waals surface area (Å²) in [6, 6.07) is 10.6. The molecule has 0 bridgehead atoms. The molecule has 0 fully saturated rings. The van der Waals surface area contributed by atoms with Gasteiger partial charge in [-0.05, 0) is 37.3 Å². The van der Waals surface area contributed by atoms with Gasteiger partial charge in [0.1, 0.15) is 11.9 Å². The van der Waals surface area contributed by atoms with Crippen LogP contribution in [0.15, 0.2) is 46.9 Å². The normalized spacial score (nSPS) is 23.4. The van der Waals surface area contributed by atoms with E-state index in [1.807, 2.05) is 6.07 Å². The fraction of sp³-hybridized carbons (Fsp3) is 0.350. The van der Waals surface area contributed by atoms with Crippen molar-refractivity contribution in [2.24, 2.45) is 0 Å². The first-order valence-corrected chi connectivity index (χ1v) is 9.53. The number of rotatable bonds is 5. The minimum Gasteiger partial charge on any atom is -0.479 e. The molecule has 30 heavy (non-hydrogen) atoms. The first kappa shape index (κ1) is 20.5. The van der Waals surface area contributed by atoms with Crippen LogP contribution in [0.3, 0.4) is 0 Å². The lowest BCUT2D eigenvalue weighted by Gasteiger charge is -2.46. The van der Waals surface area contributed by atoms with Gasteiger partial charge in [0, 0.05) is 31.9 Å². The second-order valence-electron chi connectivity index (χ2n) is 7.16. The third-order valence-corrected chi connectivity index (χ3v) is 5.71. The lowest BCUT2D eigenvalue weighted by molar-refractivity contribution is -0.385. The summed E-state index contributed by atoms with van der Waals surface area (Å²) in [7, 11) is 2.88. The van der Waals surface area contributed by atoms with E-state index < -0.39 is 29.0 Å². The van der Waals surface area contributed by atoms with E-state index in [0.717, 1.165) is 0 Å². The van der Waals surface area contributed by atoms with Crippen LogP contribution < -0.4 is 4.74 Å². The van der Waals surface area contributed by atoms with Gasteiger partial charge in [-0.15, -0.1) is 0 Å². The molecule has 0 spiro atoms. The summed E-state index contributed by atoms with van der Waals surface area (Å²) in [6.07, 6.45) is -2.17. The molecule has 2 heterocycles. The third kappa shape index (κ3) is 3.00. The molecule has 0 aliphatic carbocycles. The van der Waals surface area contributed by atoms with Crippen molar-refractivity contribution in [2.45, 2.75) is 31.0 Å². The maximum atomic E-state index is 11.5. The lowest BCUT2D eigenvalue weighted by atomic mass is 9.84. The van der Waals surface area contributed by atoms with E-state index in [1.165, 1.54) is 32.4 Å². The summed E-state index contributed by atoms with van der Waals surface area (Å²) in [6.45, 7) is 1.65. The van der Waals surface area contributed by atoms with Crippen LogP contribution in [0.4, 0.5) is 5.69 Å². The number of hydrogen-bond acceptors (Lipinski definition) is 8. The summed E-state index contributed by atoms with van der Waals surface area (Å²) < 4.78 is 24.2. The molecule has 1 aromatic heterocycles. The number of oxazole rings is 1. The summed E-state index contributed by atoms with van der Waals surface area (Å²) in [5, 5.41) is 22.9. The molecule has 10 heteroatoms. The Hall–Kier alpha value is -2.79. The van der Waals surface area contributed by atoms with E-state index in [0.29, 0.717) is 22.4 Å². The highest BCUT2D eigenvalue weighted by atomic mass is 32.1. The fourth-order valence-electron chi connectivity index (χ4n) is 4.03. The van der Waals surface area contributed by atoms with Crippen molar-refractivity contribution in [1.82, 2.24) is 4.57 Å². The molecule has 0 saturated carbocycles. The molecule has 1 aliphatic rings. The Morgan fingerprint density at radius 2 is 1.97 bits per heavy atom. The van der Waals surface area contributed by atoms with E-state index in [-0.39, 0.29) is 10.5 Å². The van der Waals surface area contributed by atoms with Crippen LogP contribution in [0.2, 0.25) is 0 Å². The van der Waals surface area contributed by atoms with E-state index in [9.17, 15) is 15.2 Å². The number of aliphatic hydroxyl groups is 1. The van der Waals surface area contributed by atoms with Gasteiger partial charge in [0.25, 0.3) is 10.5 Å². The number of fused-ring (bicyclic) bond motifs is 2. The van der Waals surface area contributed by atoms with Crippen LogP contribution in [0, 0.1) is 15.0 Å². The van der Waals surface area contributed by atoms with Gasteiger partial charge < -0.3 is 23.7 Å². The molecule has 1 aliphatic heterocycles. The van der Waals surface area contributed by atoms with Crippen molar-refractivity contribution in [2.75, 3.05) is 14.2 Å². The smallest absolute Gasteiger partial charge is 0.270 e. The first-order chi connectivity index (χ1) is 14.3. The number of nitro benzene ring substituents is 1. The zero-order valence-corrected chi connectivity index (χ0v) is 17.3. The predicted octanol–water partition coefficient (Wildman–Crippen LogP) is 3.59. The number of nitro groups is 1. The lowest BCUT2D eigenvalue weighted by Crippen LogP contribution is -2.60. The first-order valence-electron chi connectivity index (χ1n) is 9.13. The molecule has 4 rings (SSSR count). The summed E-state index contributed by atoms with van der Waals surface area (Å²) in [5.74, 6) is 0.352. The number of benzene rings is 2. The number of aromatic nitrogens is 1. The Morgan fingerprint density at radius 3 is 2.63 bits per heavy atom. The number of hydrogen-bond donors (Lipinski definition) is 1. The third-order valence-electron chi connectivity index (χ3n) is 5.43. The van der Waals surface area contributed by atoms with Gasteiger partial charge in [0.05, 0.1) is 16.5 Å². The van der Waals surface area contributed by atoms with E-state index in [2.05, 4.69) is 0 Å². The zero-order valence-electron chi connectivity index (χ0n) is 16.5. The number of non-ortho nitro benzene ring substituents is 1. The monoisotopic (exact) mass is 432 g/mol. The van der Waals surface area contributed by atoms with Gasteiger partial charge in [-0.25, -0.2) is 0 Å². The van der Waals surface area contributed by atoms with Gasteiger partial charge in [-0.3, -0.25) is 14.7 Å². The molecule has 0 saturated heterocycles. The highest BCUT2D eigenvalue weighted by molar-refractivity contribution is 7.71. The number of ether oxygens (including phenoxy) is 3. The van der Waals surface area contributed by atoms with Gasteiger partial charge >= 0.3 is 0 Å². The Kier molecular flexibility index (Phi) is 5.10. The molecule has 1 N–H and O–H groups in total. The minimum atomic E-state index is -1.34. The van der Waals surface area contributed by atoms with Crippen LogP contribution in [0.1, 0.15) is 18.5 Å². The van der Waals surface area contributed by atoms with Crippen molar-refractivity contribution in [3.8, 4) is 5.75 Å². The van der Waals surface area contributed by atoms with Crippen LogP contribution in [0.25, 0.3) is 11.1 Å². The number of aliphatic hydroxyl groups excluding tert-OH is 1. The summed E-state index contributed by atoms with van der Waals surface area (Å²) in [5.41, 5.74) is 0.101. The quantitative estimate of drug-likeness (QED) is 0.282. The van der Waals surface area contributed by atoms with Crippen LogP contribution >= 0.6 is 12.2 Å². The number of methoxy groups -OCH3 is 2. The van der Waals surface area contributed by atoms with Gasteiger partial charge in [-0.1, -0.05) is 12.1 Å². The SMILES string of the molecule is COC(OC)[C@@]1(C)Oc2ccc([N+](=O)[O-])cc2[C@@H](n2c(=S)oc3ccccc32)[C@@H]1O. The highest BCUT2D eigenvalue weighted by Crippen LogP contribution is 2.46. The van der Waals surface area contributed by atoms with E-state index in [1.54, 1.807) is 29.7 Å². The Morgan fingerprint density at radius 1 is 1.27 bits per heavy atom. The molecule has 2 aromatic carbocycles. The van der Waals surface area contributed by atoms with Crippen LogP contribution in [-0.2, 0) is 9.47 Å². The van der Waals surface area contributed by atoms with E-state index >= 15 is 0 Å². The number of nitrogens with zero attached hydrogens (tertiary/aromatic N) is 2. The van der Waals surface area contributed by atoms with Crippen molar-refractivity contribution in [3.05, 3.63) is 63.0 Å². The second kappa shape index (κ2) is 7.47. The predicted molar refractivity (Wildman–Crippen MR) is 109 cm³/mol. The maximum absolute atomic E-state index is 11.5. The van der Waals surface area contributed by atoms with Crippen molar-refractivity contribution >= 4 is 29.0 Å². The minimum absolute atomic E-state index is 0.119. The standard InChI is InChI=1S/C20H20N2O7S/c1-20(18(26-2)27-3)17(23)16(12-10-11(22(24)25)8-9-14(12)29-20)21-13-6-4-5-7-15(13)28-19(21)30/h4-10,16-18,23H,1-3H3/t16-,17+,20+/m1/s1. The maximum Gasteiger partial charge on any atom is 0.270 e. The van der Waals surface area contributed by atoms with Crippen LogP contribution in [-0.4, -0.2) is 46.8 Å². The average molecular weight is 432 g/mol. The topological polar surface area (TPSA) is 109 Å². The van der Waals surface area contributed by atoms with Gasteiger partial charge in [0.15, 0.2) is 17.5 Å². The molecule has 9 nitrogen and oxygen atoms in total. The molecule has 0 amide bonds. The Balaban J connectivity index is 2.01. The van der Waals surface area contributed by atoms with Gasteiger partial charge in [0.2, 0.25) is 0 Å². The Bertz CT molecular complexity index is 1170. The molecule has 3 aromatic rings. The van der Waals surface area contributed by atoms with Crippen molar-refractivity contribution in [1.29, 1.82) is 0 Å². The second-order valence-corrected chi connectivity index (χ2v) is 7.51. The summed E-state index contributed by atoms with van der Waals surface area (Å²) >= 11 is 5.45. The fourth-order valence-corrected chi connectivity index (χ4v) is 4.34.